The maximum atomic E-state index is 10.8. The van der Waals surface area contributed by atoms with E-state index in [1.165, 1.54) is 0 Å². The van der Waals surface area contributed by atoms with Gasteiger partial charge < -0.3 is 14.9 Å². The van der Waals surface area contributed by atoms with Crippen LogP contribution in [-0.4, -0.2) is 35.1 Å². The molecule has 3 heteroatoms. The van der Waals surface area contributed by atoms with Gasteiger partial charge in [-0.25, -0.2) is 0 Å². The Balaban J connectivity index is 1.60. The molecule has 2 aliphatic rings. The first-order valence-corrected chi connectivity index (χ1v) is 9.52. The number of hydrogen-bond donors (Lipinski definition) is 2. The highest BCUT2D eigenvalue weighted by atomic mass is 16.5. The van der Waals surface area contributed by atoms with E-state index in [2.05, 4.69) is 13.8 Å². The summed E-state index contributed by atoms with van der Waals surface area (Å²) in [6.45, 7) is 5.02. The van der Waals surface area contributed by atoms with Gasteiger partial charge in [0.25, 0.3) is 0 Å². The van der Waals surface area contributed by atoms with E-state index in [4.69, 9.17) is 4.74 Å². The first kappa shape index (κ1) is 17.9. The summed E-state index contributed by atoms with van der Waals surface area (Å²) in [6.07, 6.45) is 5.57. The van der Waals surface area contributed by atoms with Crippen molar-refractivity contribution < 1.29 is 14.9 Å². The molecule has 0 aromatic heterocycles. The van der Waals surface area contributed by atoms with Crippen molar-refractivity contribution in [1.82, 2.24) is 0 Å². The van der Waals surface area contributed by atoms with Crippen molar-refractivity contribution in [2.45, 2.75) is 76.6 Å². The second-order valence-electron chi connectivity index (χ2n) is 8.30. The molecule has 0 aliphatic heterocycles. The van der Waals surface area contributed by atoms with Crippen LogP contribution in [0.2, 0.25) is 0 Å². The molecule has 0 bridgehead atoms. The Bertz CT molecular complexity index is 491. The highest BCUT2D eigenvalue weighted by molar-refractivity contribution is 5.23. The van der Waals surface area contributed by atoms with Gasteiger partial charge in [-0.3, -0.25) is 0 Å². The molecular weight excluding hydrogens is 300 g/mol. The van der Waals surface area contributed by atoms with E-state index in [0.29, 0.717) is 12.0 Å². The van der Waals surface area contributed by atoms with Crippen LogP contribution in [0.15, 0.2) is 30.3 Å². The van der Waals surface area contributed by atoms with E-state index in [-0.39, 0.29) is 11.3 Å². The third kappa shape index (κ3) is 4.01. The second-order valence-corrected chi connectivity index (χ2v) is 8.30. The molecule has 1 aromatic carbocycles. The lowest BCUT2D eigenvalue weighted by Crippen LogP contribution is -2.46. The first-order valence-electron chi connectivity index (χ1n) is 9.52. The molecule has 2 aliphatic carbocycles. The smallest absolute Gasteiger partial charge is 0.0638 e. The fraction of sp³-hybridized carbons (Fsp3) is 0.714. The minimum atomic E-state index is -0.445. The van der Waals surface area contributed by atoms with Gasteiger partial charge in [-0.2, -0.15) is 0 Å². The highest BCUT2D eigenvalue weighted by Crippen LogP contribution is 2.52. The molecule has 3 rings (SSSR count). The van der Waals surface area contributed by atoms with Crippen molar-refractivity contribution in [2.75, 3.05) is 6.61 Å². The number of benzene rings is 1. The molecule has 2 fully saturated rings. The average molecular weight is 332 g/mol. The highest BCUT2D eigenvalue weighted by Gasteiger charge is 2.46. The molecule has 1 aromatic rings. The molecule has 2 atom stereocenters. The molecule has 0 saturated heterocycles. The summed E-state index contributed by atoms with van der Waals surface area (Å²) in [7, 11) is 0. The van der Waals surface area contributed by atoms with Crippen molar-refractivity contribution in [2.24, 2.45) is 11.3 Å². The summed E-state index contributed by atoms with van der Waals surface area (Å²) in [5.74, 6) is 0.498. The van der Waals surface area contributed by atoms with E-state index in [1.807, 2.05) is 30.3 Å². The largest absolute Gasteiger partial charge is 0.392 e. The number of aliphatic hydroxyl groups excluding tert-OH is 2. The molecule has 3 nitrogen and oxygen atoms in total. The van der Waals surface area contributed by atoms with Crippen molar-refractivity contribution in [3.63, 3.8) is 0 Å². The quantitative estimate of drug-likeness (QED) is 0.879. The molecule has 0 heterocycles. The number of hydrogen-bond acceptors (Lipinski definition) is 3. The van der Waals surface area contributed by atoms with E-state index in [1.54, 1.807) is 0 Å². The third-order valence-electron chi connectivity index (χ3n) is 6.13. The van der Waals surface area contributed by atoms with Crippen molar-refractivity contribution >= 4 is 0 Å². The van der Waals surface area contributed by atoms with Crippen LogP contribution in [0.1, 0.15) is 63.9 Å². The van der Waals surface area contributed by atoms with Crippen LogP contribution < -0.4 is 0 Å². The van der Waals surface area contributed by atoms with Gasteiger partial charge >= 0.3 is 0 Å². The van der Waals surface area contributed by atoms with E-state index in [9.17, 15) is 10.2 Å². The van der Waals surface area contributed by atoms with Gasteiger partial charge in [0.2, 0.25) is 0 Å². The number of rotatable bonds is 4. The monoisotopic (exact) mass is 332 g/mol. The Labute approximate surface area is 146 Å². The van der Waals surface area contributed by atoms with Crippen molar-refractivity contribution in [3.8, 4) is 0 Å². The minimum absolute atomic E-state index is 0.123. The third-order valence-corrected chi connectivity index (χ3v) is 6.13. The summed E-state index contributed by atoms with van der Waals surface area (Å²) in [5, 5.41) is 21.5. The van der Waals surface area contributed by atoms with Crippen LogP contribution in [0, 0.1) is 11.3 Å². The van der Waals surface area contributed by atoms with E-state index < -0.39 is 12.2 Å². The number of aliphatic hydroxyl groups is 2. The Morgan fingerprint density at radius 2 is 1.62 bits per heavy atom. The standard InChI is InChI=1S/C21H32O3/c1-15(2)24-14-16-8-10-21(11-9-16)12-18(22)20(19(23)13-21)17-6-4-3-5-7-17/h3-7,15-16,18-20,22-23H,8-14H2,1-2H3. The van der Waals surface area contributed by atoms with Crippen LogP contribution in [0.3, 0.4) is 0 Å². The molecule has 2 unspecified atom stereocenters. The first-order chi connectivity index (χ1) is 11.5. The number of ether oxygens (including phenoxy) is 1. The summed E-state index contributed by atoms with van der Waals surface area (Å²) in [6, 6.07) is 10.00. The molecule has 0 radical (unpaired) electrons. The predicted octanol–water partition coefficient (Wildman–Crippen LogP) is 3.89. The maximum Gasteiger partial charge on any atom is 0.0638 e. The molecule has 0 amide bonds. The maximum absolute atomic E-state index is 10.8. The van der Waals surface area contributed by atoms with E-state index in [0.717, 1.165) is 50.7 Å². The van der Waals surface area contributed by atoms with Crippen molar-refractivity contribution in [3.05, 3.63) is 35.9 Å². The molecule has 2 N–H and O–H groups in total. The average Bonchev–Trinajstić information content (AvgIpc) is 2.54. The second kappa shape index (κ2) is 7.55. The van der Waals surface area contributed by atoms with Crippen molar-refractivity contribution in [1.29, 1.82) is 0 Å². The Hall–Kier alpha value is -0.900. The normalized spacial score (nSPS) is 37.0. The van der Waals surface area contributed by atoms with Gasteiger partial charge in [0.1, 0.15) is 0 Å². The summed E-state index contributed by atoms with van der Waals surface area (Å²) in [5.41, 5.74) is 1.18. The zero-order chi connectivity index (χ0) is 17.2. The van der Waals surface area contributed by atoms with Crippen LogP contribution in [0.4, 0.5) is 0 Å². The van der Waals surface area contributed by atoms with Crippen LogP contribution >= 0.6 is 0 Å². The van der Waals surface area contributed by atoms with Gasteiger partial charge in [-0.15, -0.1) is 0 Å². The van der Waals surface area contributed by atoms with Crippen LogP contribution in [0.25, 0.3) is 0 Å². The zero-order valence-corrected chi connectivity index (χ0v) is 15.0. The fourth-order valence-electron chi connectivity index (χ4n) is 4.79. The summed E-state index contributed by atoms with van der Waals surface area (Å²) < 4.78 is 5.78. The van der Waals surface area contributed by atoms with Crippen LogP contribution in [0.5, 0.6) is 0 Å². The lowest BCUT2D eigenvalue weighted by molar-refractivity contribution is -0.0728. The van der Waals surface area contributed by atoms with Gasteiger partial charge in [-0.1, -0.05) is 30.3 Å². The zero-order valence-electron chi connectivity index (χ0n) is 15.0. The fourth-order valence-corrected chi connectivity index (χ4v) is 4.79. The Kier molecular flexibility index (Phi) is 5.63. The van der Waals surface area contributed by atoms with E-state index >= 15 is 0 Å². The SMILES string of the molecule is CC(C)OCC1CCC2(CC1)CC(O)C(c1ccccc1)C(O)C2. The lowest BCUT2D eigenvalue weighted by atomic mass is 9.59. The summed E-state index contributed by atoms with van der Waals surface area (Å²) >= 11 is 0. The molecule has 1 spiro atoms. The Morgan fingerprint density at radius 1 is 1.04 bits per heavy atom. The summed E-state index contributed by atoms with van der Waals surface area (Å²) in [4.78, 5) is 0. The molecule has 134 valence electrons. The lowest BCUT2D eigenvalue weighted by Gasteiger charge is -2.49. The van der Waals surface area contributed by atoms with Gasteiger partial charge in [0.05, 0.1) is 18.3 Å². The molecule has 24 heavy (non-hydrogen) atoms. The topological polar surface area (TPSA) is 49.7 Å². The Morgan fingerprint density at radius 3 is 2.17 bits per heavy atom. The van der Waals surface area contributed by atoms with Gasteiger partial charge in [0.15, 0.2) is 0 Å². The van der Waals surface area contributed by atoms with Crippen LogP contribution in [-0.2, 0) is 4.74 Å². The molecule has 2 saturated carbocycles. The van der Waals surface area contributed by atoms with Gasteiger partial charge in [0, 0.05) is 12.5 Å². The predicted molar refractivity (Wildman–Crippen MR) is 95.9 cm³/mol. The molecular formula is C21H32O3. The minimum Gasteiger partial charge on any atom is -0.392 e. The van der Waals surface area contributed by atoms with Gasteiger partial charge in [-0.05, 0) is 69.3 Å².